The minimum absolute atomic E-state index is 0.255. The Morgan fingerprint density at radius 3 is 2.78 bits per heavy atom. The van der Waals surface area contributed by atoms with Crippen LogP contribution in [0.4, 0.5) is 0 Å². The second kappa shape index (κ2) is 9.56. The number of carboxylic acids is 1. The molecule has 1 N–H and O–H groups in total. The fraction of sp³-hybridized carbons (Fsp3) is 0.381. The highest BCUT2D eigenvalue weighted by Crippen LogP contribution is 2.30. The van der Waals surface area contributed by atoms with Gasteiger partial charge in [0.1, 0.15) is 0 Å². The van der Waals surface area contributed by atoms with Gasteiger partial charge in [0.2, 0.25) is 0 Å². The van der Waals surface area contributed by atoms with Crippen LogP contribution in [0.3, 0.4) is 0 Å². The summed E-state index contributed by atoms with van der Waals surface area (Å²) in [6, 6.07) is 13.7. The van der Waals surface area contributed by atoms with Gasteiger partial charge in [-0.1, -0.05) is 53.5 Å². The molecule has 2 aromatic carbocycles. The molecule has 1 unspecified atom stereocenters. The molecule has 0 saturated carbocycles. The molecule has 0 radical (unpaired) electrons. The number of hydrogen-bond donors (Lipinski definition) is 1. The number of benzene rings is 2. The van der Waals surface area contributed by atoms with Crippen LogP contribution in [-0.2, 0) is 16.1 Å². The molecule has 1 heterocycles. The first-order valence-electron chi connectivity index (χ1n) is 9.11. The van der Waals surface area contributed by atoms with Gasteiger partial charge in [-0.2, -0.15) is 0 Å². The minimum atomic E-state index is -0.698. The lowest BCUT2D eigenvalue weighted by atomic mass is 9.98. The van der Waals surface area contributed by atoms with Crippen LogP contribution in [0, 0.1) is 5.92 Å². The summed E-state index contributed by atoms with van der Waals surface area (Å²) in [6.45, 7) is 3.36. The molecule has 0 spiro atoms. The van der Waals surface area contributed by atoms with E-state index >= 15 is 0 Å². The van der Waals surface area contributed by atoms with Crippen molar-refractivity contribution in [2.75, 3.05) is 26.2 Å². The van der Waals surface area contributed by atoms with Crippen molar-refractivity contribution in [2.45, 2.75) is 19.4 Å². The molecule has 1 atom stereocenters. The summed E-state index contributed by atoms with van der Waals surface area (Å²) in [7, 11) is 0. The van der Waals surface area contributed by atoms with Crippen LogP contribution in [0.1, 0.15) is 18.4 Å². The number of carboxylic acid groups (broad SMARTS) is 1. The van der Waals surface area contributed by atoms with E-state index < -0.39 is 5.97 Å². The molecule has 1 aliphatic rings. The van der Waals surface area contributed by atoms with Crippen molar-refractivity contribution in [3.63, 3.8) is 0 Å². The second-order valence-electron chi connectivity index (χ2n) is 6.82. The first kappa shape index (κ1) is 20.2. The maximum atomic E-state index is 11.2. The van der Waals surface area contributed by atoms with Crippen LogP contribution in [0.25, 0.3) is 11.1 Å². The molecule has 0 aliphatic carbocycles. The summed E-state index contributed by atoms with van der Waals surface area (Å²) in [4.78, 5) is 13.3. The van der Waals surface area contributed by atoms with Crippen LogP contribution < -0.4 is 0 Å². The van der Waals surface area contributed by atoms with Crippen LogP contribution in [0.2, 0.25) is 10.0 Å². The molecule has 2 aromatic rings. The monoisotopic (exact) mass is 407 g/mol. The lowest BCUT2D eigenvalue weighted by Crippen LogP contribution is -2.40. The molecule has 6 heteroatoms. The maximum absolute atomic E-state index is 11.2. The SMILES string of the molecule is O=C(O)C1CCCN(CCOCc2ccccc2-c2ccc(Cl)c(Cl)c2)C1. The fourth-order valence-electron chi connectivity index (χ4n) is 3.43. The van der Waals surface area contributed by atoms with Gasteiger partial charge in [-0.3, -0.25) is 4.79 Å². The molecule has 1 aliphatic heterocycles. The van der Waals surface area contributed by atoms with E-state index in [2.05, 4.69) is 4.90 Å². The molecule has 0 aromatic heterocycles. The van der Waals surface area contributed by atoms with Crippen LogP contribution >= 0.6 is 23.2 Å². The number of rotatable bonds is 7. The van der Waals surface area contributed by atoms with E-state index in [-0.39, 0.29) is 5.92 Å². The quantitative estimate of drug-likeness (QED) is 0.657. The van der Waals surface area contributed by atoms with Crippen LogP contribution in [0.15, 0.2) is 42.5 Å². The van der Waals surface area contributed by atoms with Crippen LogP contribution in [-0.4, -0.2) is 42.2 Å². The highest BCUT2D eigenvalue weighted by Gasteiger charge is 2.24. The van der Waals surface area contributed by atoms with Crippen molar-refractivity contribution in [2.24, 2.45) is 5.92 Å². The number of aliphatic carboxylic acids is 1. The summed E-state index contributed by atoms with van der Waals surface area (Å²) in [5, 5.41) is 10.2. The third-order valence-corrected chi connectivity index (χ3v) is 5.65. The van der Waals surface area contributed by atoms with Crippen molar-refractivity contribution < 1.29 is 14.6 Å². The van der Waals surface area contributed by atoms with Gasteiger partial charge >= 0.3 is 5.97 Å². The molecular formula is C21H23Cl2NO3. The van der Waals surface area contributed by atoms with Gasteiger partial charge < -0.3 is 14.7 Å². The standard InChI is InChI=1S/C21H23Cl2NO3/c22-19-8-7-15(12-20(19)23)18-6-2-1-4-17(18)14-27-11-10-24-9-3-5-16(13-24)21(25)26/h1-2,4,6-8,12,16H,3,5,9-11,13-14H2,(H,25,26). The summed E-state index contributed by atoms with van der Waals surface area (Å²) in [6.07, 6.45) is 1.70. The molecule has 1 saturated heterocycles. The summed E-state index contributed by atoms with van der Waals surface area (Å²) >= 11 is 12.2. The third-order valence-electron chi connectivity index (χ3n) is 4.91. The van der Waals surface area contributed by atoms with Crippen molar-refractivity contribution in [1.29, 1.82) is 0 Å². The number of likely N-dealkylation sites (tertiary alicyclic amines) is 1. The summed E-state index contributed by atoms with van der Waals surface area (Å²) in [5.41, 5.74) is 3.15. The zero-order valence-corrected chi connectivity index (χ0v) is 16.5. The van der Waals surface area contributed by atoms with Crippen molar-refractivity contribution >= 4 is 29.2 Å². The number of carbonyl (C=O) groups is 1. The Kier molecular flexibility index (Phi) is 7.13. The molecule has 27 heavy (non-hydrogen) atoms. The molecule has 0 amide bonds. The van der Waals surface area contributed by atoms with Gasteiger partial charge in [0, 0.05) is 13.1 Å². The van der Waals surface area contributed by atoms with Gasteiger partial charge in [-0.05, 0) is 48.2 Å². The van der Waals surface area contributed by atoms with E-state index in [1.807, 2.05) is 36.4 Å². The van der Waals surface area contributed by atoms with E-state index in [0.717, 1.165) is 42.6 Å². The predicted molar refractivity (Wildman–Crippen MR) is 108 cm³/mol. The minimum Gasteiger partial charge on any atom is -0.481 e. The van der Waals surface area contributed by atoms with Gasteiger partial charge in [-0.25, -0.2) is 0 Å². The number of hydrogen-bond acceptors (Lipinski definition) is 3. The zero-order chi connectivity index (χ0) is 19.2. The molecule has 144 valence electrons. The smallest absolute Gasteiger partial charge is 0.307 e. The highest BCUT2D eigenvalue weighted by atomic mass is 35.5. The Hall–Kier alpha value is -1.59. The van der Waals surface area contributed by atoms with E-state index in [0.29, 0.717) is 29.8 Å². The predicted octanol–water partition coefficient (Wildman–Crippen LogP) is 4.97. The van der Waals surface area contributed by atoms with E-state index in [1.165, 1.54) is 0 Å². The molecular weight excluding hydrogens is 385 g/mol. The first-order valence-corrected chi connectivity index (χ1v) is 9.86. The topological polar surface area (TPSA) is 49.8 Å². The number of nitrogens with zero attached hydrogens (tertiary/aromatic N) is 1. The Morgan fingerprint density at radius 1 is 1.19 bits per heavy atom. The van der Waals surface area contributed by atoms with Gasteiger partial charge in [0.05, 0.1) is 29.2 Å². The lowest BCUT2D eigenvalue weighted by Gasteiger charge is -2.30. The summed E-state index contributed by atoms with van der Waals surface area (Å²) in [5.74, 6) is -0.953. The Morgan fingerprint density at radius 2 is 2.00 bits per heavy atom. The lowest BCUT2D eigenvalue weighted by molar-refractivity contribution is -0.143. The number of halogens is 2. The average molecular weight is 408 g/mol. The molecule has 3 rings (SSSR count). The van der Waals surface area contributed by atoms with Crippen molar-refractivity contribution in [1.82, 2.24) is 4.90 Å². The van der Waals surface area contributed by atoms with Gasteiger partial charge in [0.25, 0.3) is 0 Å². The normalized spacial score (nSPS) is 17.8. The Labute approximate surface area is 169 Å². The largest absolute Gasteiger partial charge is 0.481 e. The fourth-order valence-corrected chi connectivity index (χ4v) is 3.73. The highest BCUT2D eigenvalue weighted by molar-refractivity contribution is 6.42. The van der Waals surface area contributed by atoms with Gasteiger partial charge in [-0.15, -0.1) is 0 Å². The maximum Gasteiger partial charge on any atom is 0.307 e. The average Bonchev–Trinajstić information content (AvgIpc) is 2.68. The second-order valence-corrected chi connectivity index (χ2v) is 7.63. The van der Waals surface area contributed by atoms with Crippen molar-refractivity contribution in [3.8, 4) is 11.1 Å². The number of piperidine rings is 1. The Balaban J connectivity index is 1.56. The zero-order valence-electron chi connectivity index (χ0n) is 15.0. The molecule has 0 bridgehead atoms. The van der Waals surface area contributed by atoms with E-state index in [9.17, 15) is 9.90 Å². The van der Waals surface area contributed by atoms with Crippen molar-refractivity contribution in [3.05, 3.63) is 58.1 Å². The Bertz CT molecular complexity index is 797. The van der Waals surface area contributed by atoms with Gasteiger partial charge in [0.15, 0.2) is 0 Å². The third kappa shape index (κ3) is 5.45. The van der Waals surface area contributed by atoms with E-state index in [1.54, 1.807) is 6.07 Å². The summed E-state index contributed by atoms with van der Waals surface area (Å²) < 4.78 is 5.89. The van der Waals surface area contributed by atoms with E-state index in [4.69, 9.17) is 27.9 Å². The molecule has 4 nitrogen and oxygen atoms in total. The number of ether oxygens (including phenoxy) is 1. The van der Waals surface area contributed by atoms with Crippen LogP contribution in [0.5, 0.6) is 0 Å². The first-order chi connectivity index (χ1) is 13.0. The molecule has 1 fully saturated rings.